The molecule has 1 aliphatic rings. The summed E-state index contributed by atoms with van der Waals surface area (Å²) in [6, 6.07) is 2.64. The monoisotopic (exact) mass is 249 g/mol. The van der Waals surface area contributed by atoms with Gasteiger partial charge in [0, 0.05) is 25.3 Å². The zero-order valence-corrected chi connectivity index (χ0v) is 12.1. The Morgan fingerprint density at radius 3 is 2.83 bits per heavy atom. The van der Waals surface area contributed by atoms with Crippen LogP contribution in [-0.4, -0.2) is 16.3 Å². The minimum atomic E-state index is 0.506. The molecule has 0 radical (unpaired) electrons. The molecule has 0 bridgehead atoms. The largest absolute Gasteiger partial charge is 0.311 e. The van der Waals surface area contributed by atoms with Gasteiger partial charge >= 0.3 is 0 Å². The smallest absolute Gasteiger partial charge is 0.0762 e. The highest BCUT2D eigenvalue weighted by atomic mass is 15.3. The molecule has 18 heavy (non-hydrogen) atoms. The maximum atomic E-state index is 4.62. The molecule has 3 nitrogen and oxygen atoms in total. The maximum absolute atomic E-state index is 4.62. The summed E-state index contributed by atoms with van der Waals surface area (Å²) in [5.41, 5.74) is 1.69. The first kappa shape index (κ1) is 13.6. The van der Waals surface area contributed by atoms with Gasteiger partial charge in [-0.3, -0.25) is 4.68 Å². The molecule has 0 aromatic carbocycles. The first-order valence-corrected chi connectivity index (χ1v) is 7.38. The van der Waals surface area contributed by atoms with Crippen molar-refractivity contribution < 1.29 is 0 Å². The first-order valence-electron chi connectivity index (χ1n) is 7.38. The second-order valence-electron chi connectivity index (χ2n) is 6.17. The predicted molar refractivity (Wildman–Crippen MR) is 75.5 cm³/mol. The van der Waals surface area contributed by atoms with E-state index >= 15 is 0 Å². The molecule has 1 saturated carbocycles. The van der Waals surface area contributed by atoms with Gasteiger partial charge in [-0.1, -0.05) is 26.7 Å². The molecule has 1 atom stereocenters. The van der Waals surface area contributed by atoms with Gasteiger partial charge in [-0.05, 0) is 37.7 Å². The highest BCUT2D eigenvalue weighted by molar-refractivity contribution is 4.99. The van der Waals surface area contributed by atoms with Gasteiger partial charge in [-0.25, -0.2) is 0 Å². The van der Waals surface area contributed by atoms with Crippen LogP contribution >= 0.6 is 0 Å². The molecular weight excluding hydrogens is 222 g/mol. The van der Waals surface area contributed by atoms with E-state index < -0.39 is 0 Å². The molecule has 0 amide bonds. The third kappa shape index (κ3) is 3.35. The molecule has 1 N–H and O–H groups in total. The summed E-state index contributed by atoms with van der Waals surface area (Å²) < 4.78 is 2.08. The fourth-order valence-corrected chi connectivity index (χ4v) is 2.80. The molecule has 2 rings (SSSR count). The summed E-state index contributed by atoms with van der Waals surface area (Å²) in [6.45, 7) is 8.85. The quantitative estimate of drug-likeness (QED) is 0.836. The zero-order chi connectivity index (χ0) is 13.0. The summed E-state index contributed by atoms with van der Waals surface area (Å²) in [7, 11) is 0. The van der Waals surface area contributed by atoms with Crippen molar-refractivity contribution in [1.82, 2.24) is 15.1 Å². The fraction of sp³-hybridized carbons (Fsp3) is 0.800. The van der Waals surface area contributed by atoms with Gasteiger partial charge in [0.1, 0.15) is 0 Å². The van der Waals surface area contributed by atoms with Crippen molar-refractivity contribution >= 4 is 0 Å². The molecule has 1 heterocycles. The molecule has 0 aliphatic heterocycles. The lowest BCUT2D eigenvalue weighted by molar-refractivity contribution is 0.313. The Kier molecular flexibility index (Phi) is 4.44. The van der Waals surface area contributed by atoms with E-state index in [0.29, 0.717) is 11.5 Å². The first-order chi connectivity index (χ1) is 8.63. The van der Waals surface area contributed by atoms with Crippen molar-refractivity contribution in [3.63, 3.8) is 0 Å². The molecule has 0 spiro atoms. The van der Waals surface area contributed by atoms with Crippen LogP contribution in [0.4, 0.5) is 0 Å². The van der Waals surface area contributed by atoms with E-state index in [0.717, 1.165) is 25.2 Å². The van der Waals surface area contributed by atoms with Crippen molar-refractivity contribution in [2.75, 3.05) is 6.54 Å². The molecule has 1 aromatic rings. The second-order valence-corrected chi connectivity index (χ2v) is 6.17. The summed E-state index contributed by atoms with van der Waals surface area (Å²) in [5, 5.41) is 8.20. The summed E-state index contributed by atoms with van der Waals surface area (Å²) >= 11 is 0. The molecule has 1 aromatic heterocycles. The Labute approximate surface area is 111 Å². The van der Waals surface area contributed by atoms with Crippen LogP contribution in [0.1, 0.15) is 64.6 Å². The maximum Gasteiger partial charge on any atom is 0.0762 e. The van der Waals surface area contributed by atoms with Gasteiger partial charge in [0.05, 0.1) is 5.69 Å². The van der Waals surface area contributed by atoms with Crippen LogP contribution in [-0.2, 0) is 6.54 Å². The number of rotatable bonds is 6. The molecule has 1 fully saturated rings. The van der Waals surface area contributed by atoms with Crippen molar-refractivity contribution in [1.29, 1.82) is 0 Å². The van der Waals surface area contributed by atoms with Crippen molar-refractivity contribution in [2.24, 2.45) is 5.41 Å². The molecular formula is C15H27N3. The standard InChI is InChI=1S/C15H27N3/c1-4-13(2)18-10-7-14(17-18)11-16-12-15(3)8-5-6-9-15/h7,10,13,16H,4-6,8-9,11-12H2,1-3H3. The van der Waals surface area contributed by atoms with Gasteiger partial charge in [0.15, 0.2) is 0 Å². The number of hydrogen-bond acceptors (Lipinski definition) is 2. The highest BCUT2D eigenvalue weighted by Crippen LogP contribution is 2.36. The van der Waals surface area contributed by atoms with Crippen LogP contribution in [0.15, 0.2) is 12.3 Å². The van der Waals surface area contributed by atoms with E-state index in [9.17, 15) is 0 Å². The van der Waals surface area contributed by atoms with Gasteiger partial charge < -0.3 is 5.32 Å². The molecule has 102 valence electrons. The normalized spacial score (nSPS) is 20.2. The van der Waals surface area contributed by atoms with Crippen LogP contribution < -0.4 is 5.32 Å². The average molecular weight is 249 g/mol. The Morgan fingerprint density at radius 1 is 1.44 bits per heavy atom. The Morgan fingerprint density at radius 2 is 2.17 bits per heavy atom. The zero-order valence-electron chi connectivity index (χ0n) is 12.1. The van der Waals surface area contributed by atoms with E-state index in [4.69, 9.17) is 0 Å². The number of aromatic nitrogens is 2. The van der Waals surface area contributed by atoms with Crippen molar-refractivity contribution in [3.05, 3.63) is 18.0 Å². The molecule has 1 unspecified atom stereocenters. The average Bonchev–Trinajstić information content (AvgIpc) is 2.98. The topological polar surface area (TPSA) is 29.9 Å². The number of nitrogens with zero attached hydrogens (tertiary/aromatic N) is 2. The Bertz CT molecular complexity index is 364. The SMILES string of the molecule is CCC(C)n1ccc(CNCC2(C)CCCC2)n1. The van der Waals surface area contributed by atoms with E-state index in [1.807, 2.05) is 0 Å². The van der Waals surface area contributed by atoms with Crippen LogP contribution in [0.2, 0.25) is 0 Å². The van der Waals surface area contributed by atoms with Gasteiger partial charge in [-0.2, -0.15) is 5.10 Å². The third-order valence-electron chi connectivity index (χ3n) is 4.37. The lowest BCUT2D eigenvalue weighted by atomic mass is 9.89. The molecule has 0 saturated heterocycles. The van der Waals surface area contributed by atoms with Gasteiger partial charge in [0.25, 0.3) is 0 Å². The van der Waals surface area contributed by atoms with Crippen LogP contribution in [0.5, 0.6) is 0 Å². The van der Waals surface area contributed by atoms with E-state index in [1.54, 1.807) is 0 Å². The van der Waals surface area contributed by atoms with Gasteiger partial charge in [0.2, 0.25) is 0 Å². The third-order valence-corrected chi connectivity index (χ3v) is 4.37. The molecule has 3 heteroatoms. The lowest BCUT2D eigenvalue weighted by Gasteiger charge is -2.23. The van der Waals surface area contributed by atoms with Crippen molar-refractivity contribution in [2.45, 2.75) is 65.5 Å². The fourth-order valence-electron chi connectivity index (χ4n) is 2.80. The van der Waals surface area contributed by atoms with Gasteiger partial charge in [-0.15, -0.1) is 0 Å². The minimum Gasteiger partial charge on any atom is -0.311 e. The van der Waals surface area contributed by atoms with E-state index in [1.165, 1.54) is 25.7 Å². The van der Waals surface area contributed by atoms with Crippen LogP contribution in [0.3, 0.4) is 0 Å². The highest BCUT2D eigenvalue weighted by Gasteiger charge is 2.27. The predicted octanol–water partition coefficient (Wildman–Crippen LogP) is 3.52. The molecule has 1 aliphatic carbocycles. The Hall–Kier alpha value is -0.830. The minimum absolute atomic E-state index is 0.506. The summed E-state index contributed by atoms with van der Waals surface area (Å²) in [4.78, 5) is 0. The van der Waals surface area contributed by atoms with Crippen LogP contribution in [0.25, 0.3) is 0 Å². The van der Waals surface area contributed by atoms with E-state index in [-0.39, 0.29) is 0 Å². The van der Waals surface area contributed by atoms with Crippen LogP contribution in [0, 0.1) is 5.41 Å². The summed E-state index contributed by atoms with van der Waals surface area (Å²) in [6.07, 6.45) is 8.79. The Balaban J connectivity index is 1.78. The number of nitrogens with one attached hydrogen (secondary N) is 1. The second kappa shape index (κ2) is 5.87. The summed E-state index contributed by atoms with van der Waals surface area (Å²) in [5.74, 6) is 0. The van der Waals surface area contributed by atoms with E-state index in [2.05, 4.69) is 48.1 Å². The van der Waals surface area contributed by atoms with Crippen molar-refractivity contribution in [3.8, 4) is 0 Å². The lowest BCUT2D eigenvalue weighted by Crippen LogP contribution is -2.29. The number of hydrogen-bond donors (Lipinski definition) is 1.